The summed E-state index contributed by atoms with van der Waals surface area (Å²) in [5.74, 6) is -1.70. The van der Waals surface area contributed by atoms with Gasteiger partial charge in [-0.2, -0.15) is 5.26 Å². The Hall–Kier alpha value is -3.56. The average Bonchev–Trinajstić information content (AvgIpc) is 2.91. The van der Waals surface area contributed by atoms with Gasteiger partial charge in [-0.3, -0.25) is 14.6 Å². The smallest absolute Gasteiger partial charge is 0.497 e. The lowest BCUT2D eigenvalue weighted by Crippen LogP contribution is -2.46. The molecule has 1 atom stereocenters. The van der Waals surface area contributed by atoms with Gasteiger partial charge in [0.15, 0.2) is 11.7 Å². The first-order chi connectivity index (χ1) is 18.3. The highest BCUT2D eigenvalue weighted by Gasteiger charge is 2.42. The van der Waals surface area contributed by atoms with Crippen LogP contribution in [0.15, 0.2) is 41.4 Å². The number of benzene rings is 2. The Balaban J connectivity index is 1.91. The van der Waals surface area contributed by atoms with E-state index < -0.39 is 26.3 Å². The number of carbonyl (C=O) groups excluding carboxylic acids is 2. The molecule has 1 aliphatic rings. The first kappa shape index (κ1) is 29.0. The molecule has 3 rings (SSSR count). The Morgan fingerprint density at radius 1 is 1.00 bits per heavy atom. The third-order valence-corrected chi connectivity index (χ3v) is 9.14. The van der Waals surface area contributed by atoms with Crippen molar-refractivity contribution in [2.45, 2.75) is 33.2 Å². The Morgan fingerprint density at radius 2 is 1.63 bits per heavy atom. The summed E-state index contributed by atoms with van der Waals surface area (Å²) in [5, 5.41) is 13.0. The minimum Gasteiger partial charge on any atom is -0.497 e. The van der Waals surface area contributed by atoms with Crippen molar-refractivity contribution in [3.05, 3.63) is 47.5 Å². The summed E-state index contributed by atoms with van der Waals surface area (Å²) in [4.78, 5) is 31.4. The summed E-state index contributed by atoms with van der Waals surface area (Å²) in [6.45, 7) is 7.19. The van der Waals surface area contributed by atoms with Gasteiger partial charge in [-0.25, -0.2) is 0 Å². The predicted octanol–water partition coefficient (Wildman–Crippen LogP) is 4.42. The highest BCUT2D eigenvalue weighted by Crippen LogP contribution is 2.35. The molecule has 202 valence electrons. The highest BCUT2D eigenvalue weighted by atomic mass is 28.4. The standard InChI is InChI=1S/C27H34N4O6Si/c1-5-35-38(36-6-2,37-7-3)16-8-15-30-25-20(17-28)26(32)23-21(29)13-14-22(24(23)27(25)33)31-18-9-11-19(34-4)12-10-18/h9-14,20,31H,5-8,15-16,29H2,1-4H3. The third-order valence-electron chi connectivity index (χ3n) is 5.99. The van der Waals surface area contributed by atoms with Gasteiger partial charge >= 0.3 is 8.80 Å². The second-order valence-corrected chi connectivity index (χ2v) is 11.1. The molecule has 0 aromatic heterocycles. The van der Waals surface area contributed by atoms with E-state index in [1.807, 2.05) is 26.8 Å². The molecular formula is C27H34N4O6Si. The molecule has 0 bridgehead atoms. The average molecular weight is 539 g/mol. The van der Waals surface area contributed by atoms with Crippen LogP contribution in [0.5, 0.6) is 5.75 Å². The molecule has 0 aliphatic heterocycles. The predicted molar refractivity (Wildman–Crippen MR) is 147 cm³/mol. The number of ether oxygens (including phenoxy) is 1. The fourth-order valence-corrected chi connectivity index (χ4v) is 6.95. The van der Waals surface area contributed by atoms with Crippen LogP contribution in [-0.4, -0.2) is 59.6 Å². The largest absolute Gasteiger partial charge is 0.500 e. The number of ketones is 2. The number of methoxy groups -OCH3 is 1. The summed E-state index contributed by atoms with van der Waals surface area (Å²) < 4.78 is 22.8. The Labute approximate surface area is 224 Å². The van der Waals surface area contributed by atoms with Crippen LogP contribution in [0.25, 0.3) is 0 Å². The topological polar surface area (TPSA) is 145 Å². The van der Waals surface area contributed by atoms with E-state index in [-0.39, 0.29) is 29.1 Å². The Bertz CT molecular complexity index is 1210. The maximum atomic E-state index is 13.7. The lowest BCUT2D eigenvalue weighted by Gasteiger charge is -2.28. The van der Waals surface area contributed by atoms with Crippen molar-refractivity contribution in [1.82, 2.24) is 0 Å². The van der Waals surface area contributed by atoms with E-state index in [0.29, 0.717) is 49.4 Å². The fraction of sp³-hybridized carbons (Fsp3) is 0.407. The highest BCUT2D eigenvalue weighted by molar-refractivity contribution is 6.60. The zero-order chi connectivity index (χ0) is 27.7. The first-order valence-electron chi connectivity index (χ1n) is 12.6. The number of aliphatic imine (C=N–C) groups is 1. The van der Waals surface area contributed by atoms with Crippen molar-refractivity contribution in [2.75, 3.05) is 44.5 Å². The molecule has 2 aromatic rings. The fourth-order valence-electron chi connectivity index (χ4n) is 4.36. The van der Waals surface area contributed by atoms with Gasteiger partial charge in [-0.15, -0.1) is 0 Å². The van der Waals surface area contributed by atoms with E-state index in [9.17, 15) is 14.9 Å². The molecule has 3 N–H and O–H groups in total. The van der Waals surface area contributed by atoms with Crippen LogP contribution in [-0.2, 0) is 13.3 Å². The van der Waals surface area contributed by atoms with Gasteiger partial charge in [0.1, 0.15) is 11.5 Å². The zero-order valence-electron chi connectivity index (χ0n) is 22.2. The number of fused-ring (bicyclic) bond motifs is 1. The van der Waals surface area contributed by atoms with Gasteiger partial charge in [0, 0.05) is 43.8 Å². The third kappa shape index (κ3) is 6.28. The molecule has 0 saturated heterocycles. The molecule has 0 fully saturated rings. The van der Waals surface area contributed by atoms with E-state index >= 15 is 0 Å². The van der Waals surface area contributed by atoms with E-state index in [0.717, 1.165) is 0 Å². The van der Waals surface area contributed by atoms with Crippen LogP contribution < -0.4 is 15.8 Å². The number of carbonyl (C=O) groups is 2. The van der Waals surface area contributed by atoms with Crippen molar-refractivity contribution in [1.29, 1.82) is 5.26 Å². The van der Waals surface area contributed by atoms with Crippen LogP contribution >= 0.6 is 0 Å². The van der Waals surface area contributed by atoms with Crippen LogP contribution in [0.2, 0.25) is 6.04 Å². The van der Waals surface area contributed by atoms with E-state index in [1.54, 1.807) is 43.5 Å². The number of nitriles is 1. The summed E-state index contributed by atoms with van der Waals surface area (Å²) in [6, 6.07) is 12.7. The molecule has 38 heavy (non-hydrogen) atoms. The van der Waals surface area contributed by atoms with Gasteiger partial charge in [0.25, 0.3) is 0 Å². The van der Waals surface area contributed by atoms with Crippen LogP contribution in [0.1, 0.15) is 47.9 Å². The molecule has 0 heterocycles. The molecule has 0 radical (unpaired) electrons. The van der Waals surface area contributed by atoms with Crippen molar-refractivity contribution in [3.63, 3.8) is 0 Å². The number of nitrogens with zero attached hydrogens (tertiary/aromatic N) is 2. The van der Waals surface area contributed by atoms with E-state index in [2.05, 4.69) is 10.3 Å². The summed E-state index contributed by atoms with van der Waals surface area (Å²) in [6.07, 6.45) is 0.496. The molecule has 0 saturated carbocycles. The molecule has 2 aromatic carbocycles. The minimum atomic E-state index is -2.88. The SMILES string of the molecule is CCO[Si](CCCN=C1C(=O)c2c(Nc3ccc(OC)cc3)ccc(N)c2C(=O)C1C#N)(OCC)OCC. The zero-order valence-corrected chi connectivity index (χ0v) is 23.2. The van der Waals surface area contributed by atoms with E-state index in [4.69, 9.17) is 23.7 Å². The number of hydrogen-bond donors (Lipinski definition) is 2. The minimum absolute atomic E-state index is 0.0365. The second kappa shape index (κ2) is 13.3. The maximum Gasteiger partial charge on any atom is 0.500 e. The summed E-state index contributed by atoms with van der Waals surface area (Å²) >= 11 is 0. The Kier molecular flexibility index (Phi) is 10.1. The monoisotopic (exact) mass is 538 g/mol. The number of nitrogens with two attached hydrogens (primary N) is 1. The molecule has 1 aliphatic carbocycles. The van der Waals surface area contributed by atoms with E-state index in [1.165, 1.54) is 0 Å². The molecule has 11 heteroatoms. The second-order valence-electron chi connectivity index (χ2n) is 8.41. The Morgan fingerprint density at radius 3 is 2.18 bits per heavy atom. The summed E-state index contributed by atoms with van der Waals surface area (Å²) in [7, 11) is -1.31. The molecule has 1 unspecified atom stereocenters. The number of hydrogen-bond acceptors (Lipinski definition) is 10. The van der Waals surface area contributed by atoms with Gasteiger partial charge in [-0.05, 0) is 63.6 Å². The molecule has 0 spiro atoms. The number of rotatable bonds is 13. The van der Waals surface area contributed by atoms with Crippen molar-refractivity contribution < 1.29 is 27.6 Å². The lowest BCUT2D eigenvalue weighted by molar-refractivity contribution is 0.0709. The number of nitrogens with one attached hydrogen (secondary N) is 1. The van der Waals surface area contributed by atoms with Gasteiger partial charge in [0.2, 0.25) is 5.78 Å². The molecular weight excluding hydrogens is 504 g/mol. The van der Waals surface area contributed by atoms with Gasteiger partial charge < -0.3 is 29.1 Å². The van der Waals surface area contributed by atoms with Crippen LogP contribution in [0, 0.1) is 17.2 Å². The normalized spacial score (nSPS) is 16.3. The lowest BCUT2D eigenvalue weighted by atomic mass is 9.79. The van der Waals surface area contributed by atoms with Crippen LogP contribution in [0.4, 0.5) is 17.1 Å². The number of nitrogen functional groups attached to an aromatic ring is 1. The van der Waals surface area contributed by atoms with Crippen molar-refractivity contribution in [3.8, 4) is 11.8 Å². The molecule has 0 amide bonds. The maximum absolute atomic E-state index is 13.7. The van der Waals surface area contributed by atoms with Gasteiger partial charge in [0.05, 0.1) is 30.0 Å². The van der Waals surface area contributed by atoms with Crippen molar-refractivity contribution >= 4 is 43.1 Å². The molecule has 10 nitrogen and oxygen atoms in total. The van der Waals surface area contributed by atoms with Crippen LogP contribution in [0.3, 0.4) is 0 Å². The van der Waals surface area contributed by atoms with Crippen molar-refractivity contribution in [2.24, 2.45) is 10.9 Å². The number of Topliss-reactive ketones (excluding diaryl/α,β-unsaturated/α-hetero) is 2. The first-order valence-corrected chi connectivity index (χ1v) is 14.6. The quantitative estimate of drug-likeness (QED) is 0.215. The number of anilines is 3. The van der Waals surface area contributed by atoms with Gasteiger partial charge in [-0.1, -0.05) is 0 Å². The summed E-state index contributed by atoms with van der Waals surface area (Å²) in [5.41, 5.74) is 7.38.